The number of aryl methyl sites for hydroxylation is 3. The van der Waals surface area contributed by atoms with Crippen LogP contribution >= 0.6 is 0 Å². The number of aromatic amines is 1. The summed E-state index contributed by atoms with van der Waals surface area (Å²) in [5.41, 5.74) is 0.442. The van der Waals surface area contributed by atoms with Crippen LogP contribution in [0.1, 0.15) is 20.3 Å². The van der Waals surface area contributed by atoms with Gasteiger partial charge in [0.05, 0.1) is 12.7 Å². The predicted octanol–water partition coefficient (Wildman–Crippen LogP) is -0.713. The minimum atomic E-state index is -0.360. The van der Waals surface area contributed by atoms with E-state index in [0.29, 0.717) is 35.4 Å². The highest BCUT2D eigenvalue weighted by Crippen LogP contribution is 2.02. The lowest BCUT2D eigenvalue weighted by atomic mass is 10.4. The average molecular weight is 416 g/mol. The topological polar surface area (TPSA) is 134 Å². The zero-order valence-corrected chi connectivity index (χ0v) is 17.5. The van der Waals surface area contributed by atoms with Gasteiger partial charge in [-0.15, -0.1) is 0 Å². The smallest absolute Gasteiger partial charge is 0.332 e. The minimum absolute atomic E-state index is 0.283. The van der Waals surface area contributed by atoms with E-state index in [-0.39, 0.29) is 22.5 Å². The summed E-state index contributed by atoms with van der Waals surface area (Å²) in [4.78, 5) is 57.9. The molecule has 0 saturated heterocycles. The molecular formula is C18H24N8O4. The van der Waals surface area contributed by atoms with E-state index >= 15 is 0 Å². The molecule has 0 saturated carbocycles. The Bertz CT molecular complexity index is 1460. The van der Waals surface area contributed by atoms with Crippen LogP contribution < -0.4 is 22.5 Å². The third kappa shape index (κ3) is 3.19. The van der Waals surface area contributed by atoms with Crippen LogP contribution in [0.4, 0.5) is 0 Å². The Balaban J connectivity index is 0.000000172. The quantitative estimate of drug-likeness (QED) is 0.469. The van der Waals surface area contributed by atoms with Gasteiger partial charge in [0.1, 0.15) is 5.52 Å². The van der Waals surface area contributed by atoms with Crippen molar-refractivity contribution in [1.82, 2.24) is 37.8 Å². The van der Waals surface area contributed by atoms with E-state index in [1.165, 1.54) is 33.4 Å². The van der Waals surface area contributed by atoms with Crippen LogP contribution in [-0.4, -0.2) is 37.8 Å². The van der Waals surface area contributed by atoms with Crippen LogP contribution in [0.25, 0.3) is 22.3 Å². The van der Waals surface area contributed by atoms with Gasteiger partial charge >= 0.3 is 11.4 Å². The Morgan fingerprint density at radius 2 is 1.57 bits per heavy atom. The molecule has 12 nitrogen and oxygen atoms in total. The van der Waals surface area contributed by atoms with E-state index < -0.39 is 0 Å². The summed E-state index contributed by atoms with van der Waals surface area (Å²) in [6.45, 7) is 4.73. The molecule has 12 heteroatoms. The molecule has 4 aromatic heterocycles. The lowest BCUT2D eigenvalue weighted by Crippen LogP contribution is -2.39. The highest BCUT2D eigenvalue weighted by Gasteiger charge is 2.13. The Morgan fingerprint density at radius 1 is 0.867 bits per heavy atom. The van der Waals surface area contributed by atoms with Gasteiger partial charge in [0.2, 0.25) is 0 Å². The van der Waals surface area contributed by atoms with E-state index in [2.05, 4.69) is 15.0 Å². The lowest BCUT2D eigenvalue weighted by molar-refractivity contribution is 0.572. The lowest BCUT2D eigenvalue weighted by Gasteiger charge is -2.08. The number of H-pyrrole nitrogens is 1. The molecule has 0 aromatic carbocycles. The average Bonchev–Trinajstić information content (AvgIpc) is 3.36. The molecule has 0 atom stereocenters. The number of hydrogen-bond donors (Lipinski definition) is 1. The van der Waals surface area contributed by atoms with Crippen LogP contribution in [0.2, 0.25) is 0 Å². The summed E-state index contributed by atoms with van der Waals surface area (Å²) in [6.07, 6.45) is 3.71. The van der Waals surface area contributed by atoms with Crippen molar-refractivity contribution in [3.63, 3.8) is 0 Å². The van der Waals surface area contributed by atoms with Crippen molar-refractivity contribution in [1.29, 1.82) is 0 Å². The maximum absolute atomic E-state index is 12.0. The van der Waals surface area contributed by atoms with Gasteiger partial charge in [0, 0.05) is 34.2 Å². The Labute approximate surface area is 169 Å². The Morgan fingerprint density at radius 3 is 2.20 bits per heavy atom. The first kappa shape index (κ1) is 21.0. The molecule has 0 radical (unpaired) electrons. The first-order valence-electron chi connectivity index (χ1n) is 9.48. The van der Waals surface area contributed by atoms with Crippen molar-refractivity contribution in [2.75, 3.05) is 0 Å². The van der Waals surface area contributed by atoms with Crippen molar-refractivity contribution in [3.8, 4) is 0 Å². The predicted molar refractivity (Wildman–Crippen MR) is 112 cm³/mol. The normalized spacial score (nSPS) is 11.1. The Kier molecular flexibility index (Phi) is 5.58. The van der Waals surface area contributed by atoms with Crippen LogP contribution in [0.15, 0.2) is 31.8 Å². The van der Waals surface area contributed by atoms with Gasteiger partial charge in [-0.2, -0.15) is 0 Å². The molecule has 0 aliphatic rings. The monoisotopic (exact) mass is 416 g/mol. The van der Waals surface area contributed by atoms with E-state index in [9.17, 15) is 19.2 Å². The van der Waals surface area contributed by atoms with Crippen molar-refractivity contribution in [3.05, 3.63) is 54.3 Å². The molecule has 0 bridgehead atoms. The third-order valence-corrected chi connectivity index (χ3v) is 4.88. The number of fused-ring (bicyclic) bond motifs is 2. The second-order valence-corrected chi connectivity index (χ2v) is 6.82. The van der Waals surface area contributed by atoms with Gasteiger partial charge < -0.3 is 9.55 Å². The molecule has 0 amide bonds. The zero-order valence-electron chi connectivity index (χ0n) is 17.5. The molecule has 160 valence electrons. The second kappa shape index (κ2) is 7.97. The molecule has 1 N–H and O–H groups in total. The highest BCUT2D eigenvalue weighted by atomic mass is 16.2. The van der Waals surface area contributed by atoms with Crippen molar-refractivity contribution < 1.29 is 0 Å². The van der Waals surface area contributed by atoms with E-state index in [1.54, 1.807) is 18.7 Å². The van der Waals surface area contributed by atoms with Gasteiger partial charge in [0.15, 0.2) is 16.8 Å². The fourth-order valence-corrected chi connectivity index (χ4v) is 3.28. The van der Waals surface area contributed by atoms with Gasteiger partial charge in [-0.25, -0.2) is 19.6 Å². The summed E-state index contributed by atoms with van der Waals surface area (Å²) < 4.78 is 6.80. The van der Waals surface area contributed by atoms with Crippen LogP contribution in [-0.2, 0) is 34.2 Å². The van der Waals surface area contributed by atoms with Crippen LogP contribution in [0.5, 0.6) is 0 Å². The van der Waals surface area contributed by atoms with Gasteiger partial charge in [-0.05, 0) is 13.3 Å². The van der Waals surface area contributed by atoms with E-state index in [4.69, 9.17) is 0 Å². The maximum atomic E-state index is 12.0. The summed E-state index contributed by atoms with van der Waals surface area (Å²) in [6, 6.07) is 0. The van der Waals surface area contributed by atoms with Crippen LogP contribution in [0.3, 0.4) is 0 Å². The molecule has 0 unspecified atom stereocenters. The number of hydrogen-bond acceptors (Lipinski definition) is 6. The molecule has 0 fully saturated rings. The molecule has 0 aliphatic carbocycles. The fourth-order valence-electron chi connectivity index (χ4n) is 3.28. The maximum Gasteiger partial charge on any atom is 0.332 e. The van der Waals surface area contributed by atoms with Crippen molar-refractivity contribution in [2.45, 2.75) is 33.4 Å². The fraction of sp³-hybridized carbons (Fsp3) is 0.444. The number of aromatic nitrogens is 8. The molecule has 4 rings (SSSR count). The summed E-state index contributed by atoms with van der Waals surface area (Å²) >= 11 is 0. The van der Waals surface area contributed by atoms with Crippen LogP contribution in [0, 0.1) is 0 Å². The third-order valence-electron chi connectivity index (χ3n) is 4.88. The highest BCUT2D eigenvalue weighted by molar-refractivity contribution is 5.70. The largest absolute Gasteiger partial charge is 0.339 e. The molecule has 30 heavy (non-hydrogen) atoms. The molecule has 0 aliphatic heterocycles. The summed E-state index contributed by atoms with van der Waals surface area (Å²) in [5, 5.41) is 0. The molecule has 4 aromatic rings. The van der Waals surface area contributed by atoms with Gasteiger partial charge in [0.25, 0.3) is 11.1 Å². The van der Waals surface area contributed by atoms with E-state index in [0.717, 1.165) is 11.0 Å². The van der Waals surface area contributed by atoms with E-state index in [1.807, 2.05) is 13.8 Å². The number of nitrogens with zero attached hydrogens (tertiary/aromatic N) is 7. The van der Waals surface area contributed by atoms with Gasteiger partial charge in [-0.1, -0.05) is 6.92 Å². The standard InChI is InChI=1S/C10H14N4O2.C8H10N4O2/c1-3-5-14-9(15)7-8(12-6-11-7)13(4-2)10(14)16;1-10-4-9-6-5(10)7(13)12(3)8(14)11(6)2/h6H,3-5H2,1-2H3,(H,11,12);4H,1-3H3. The first-order chi connectivity index (χ1) is 14.2. The first-order valence-corrected chi connectivity index (χ1v) is 9.48. The minimum Gasteiger partial charge on any atom is -0.339 e. The summed E-state index contributed by atoms with van der Waals surface area (Å²) in [7, 11) is 4.77. The van der Waals surface area contributed by atoms with Crippen molar-refractivity contribution in [2.24, 2.45) is 21.1 Å². The molecule has 0 spiro atoms. The second-order valence-electron chi connectivity index (χ2n) is 6.82. The summed E-state index contributed by atoms with van der Waals surface area (Å²) in [5.74, 6) is 0. The SMILES string of the molecule is CCCn1c(=O)c2[nH]cnc2n(CC)c1=O.Cn1c(=O)c2c(ncn2C)n(C)c1=O. The van der Waals surface area contributed by atoms with Gasteiger partial charge in [-0.3, -0.25) is 27.9 Å². The Hall–Kier alpha value is -3.70. The number of rotatable bonds is 3. The number of nitrogens with one attached hydrogen (secondary N) is 1. The zero-order chi connectivity index (χ0) is 22.2. The molecular weight excluding hydrogens is 392 g/mol. The number of imidazole rings is 2. The van der Waals surface area contributed by atoms with Crippen molar-refractivity contribution >= 4 is 22.3 Å². The molecule has 4 heterocycles.